The van der Waals surface area contributed by atoms with Crippen molar-refractivity contribution in [3.8, 4) is 0 Å². The quantitative estimate of drug-likeness (QED) is 0.900. The first kappa shape index (κ1) is 16.3. The lowest BCUT2D eigenvalue weighted by Crippen LogP contribution is -2.55. The molecule has 1 aliphatic heterocycles. The summed E-state index contributed by atoms with van der Waals surface area (Å²) in [6.07, 6.45) is 3.19. The number of carbonyl (C=O) groups is 2. The number of carbonyl (C=O) groups excluding carboxylic acids is 1. The molecule has 0 unspecified atom stereocenters. The van der Waals surface area contributed by atoms with E-state index in [2.05, 4.69) is 6.92 Å². The van der Waals surface area contributed by atoms with E-state index in [4.69, 9.17) is 16.3 Å². The molecule has 1 N–H and O–H groups in total. The SMILES string of the molecule is CC1CCC2(CC1)OC[C@H](C(=O)O)N2C(=O)c1cccc(Cl)c1. The van der Waals surface area contributed by atoms with Crippen molar-refractivity contribution in [2.45, 2.75) is 44.4 Å². The summed E-state index contributed by atoms with van der Waals surface area (Å²) in [5.74, 6) is -0.793. The molecular weight excluding hydrogens is 318 g/mol. The van der Waals surface area contributed by atoms with E-state index in [1.165, 1.54) is 4.90 Å². The Hall–Kier alpha value is -1.59. The molecule has 1 spiro atoms. The molecule has 1 aliphatic carbocycles. The molecule has 2 fully saturated rings. The predicted molar refractivity (Wildman–Crippen MR) is 85.4 cm³/mol. The lowest BCUT2D eigenvalue weighted by Gasteiger charge is -2.42. The van der Waals surface area contributed by atoms with Gasteiger partial charge < -0.3 is 9.84 Å². The Morgan fingerprint density at radius 3 is 2.65 bits per heavy atom. The van der Waals surface area contributed by atoms with Gasteiger partial charge in [-0.25, -0.2) is 4.79 Å². The zero-order valence-electron chi connectivity index (χ0n) is 13.0. The second kappa shape index (κ2) is 6.13. The van der Waals surface area contributed by atoms with E-state index in [0.717, 1.165) is 12.8 Å². The number of amides is 1. The molecule has 0 aromatic heterocycles. The summed E-state index contributed by atoms with van der Waals surface area (Å²) in [4.78, 5) is 26.0. The third kappa shape index (κ3) is 2.95. The van der Waals surface area contributed by atoms with Gasteiger partial charge in [0, 0.05) is 10.6 Å². The van der Waals surface area contributed by atoms with Gasteiger partial charge in [-0.05, 0) is 49.8 Å². The molecule has 1 heterocycles. The summed E-state index contributed by atoms with van der Waals surface area (Å²) in [6, 6.07) is 5.66. The van der Waals surface area contributed by atoms with Crippen molar-refractivity contribution in [2.24, 2.45) is 5.92 Å². The molecule has 124 valence electrons. The van der Waals surface area contributed by atoms with Crippen LogP contribution in [0.1, 0.15) is 43.0 Å². The summed E-state index contributed by atoms with van der Waals surface area (Å²) in [5, 5.41) is 9.95. The molecule has 1 aromatic rings. The fourth-order valence-corrected chi connectivity index (χ4v) is 3.72. The second-order valence-corrected chi connectivity index (χ2v) is 6.92. The molecule has 5 nitrogen and oxygen atoms in total. The van der Waals surface area contributed by atoms with Crippen LogP contribution in [0.15, 0.2) is 24.3 Å². The standard InChI is InChI=1S/C17H20ClNO4/c1-11-5-7-17(8-6-11)19(14(10-23-17)16(21)22)15(20)12-3-2-4-13(18)9-12/h2-4,9,11,14H,5-8,10H2,1H3,(H,21,22)/t11?,14-,17?/m1/s1. The van der Waals surface area contributed by atoms with E-state index >= 15 is 0 Å². The maximum absolute atomic E-state index is 13.0. The minimum Gasteiger partial charge on any atom is -0.480 e. The lowest BCUT2D eigenvalue weighted by atomic mass is 9.83. The number of hydrogen-bond acceptors (Lipinski definition) is 3. The number of benzene rings is 1. The van der Waals surface area contributed by atoms with Crippen molar-refractivity contribution in [1.82, 2.24) is 4.90 Å². The molecule has 1 saturated heterocycles. The Balaban J connectivity index is 1.96. The van der Waals surface area contributed by atoms with E-state index in [-0.39, 0.29) is 12.5 Å². The molecule has 2 aliphatic rings. The Morgan fingerprint density at radius 1 is 1.35 bits per heavy atom. The van der Waals surface area contributed by atoms with Crippen molar-refractivity contribution >= 4 is 23.5 Å². The van der Waals surface area contributed by atoms with Gasteiger partial charge >= 0.3 is 5.97 Å². The predicted octanol–water partition coefficient (Wildman–Crippen LogP) is 3.17. The van der Waals surface area contributed by atoms with Gasteiger partial charge in [0.2, 0.25) is 0 Å². The van der Waals surface area contributed by atoms with E-state index in [9.17, 15) is 14.7 Å². The van der Waals surface area contributed by atoms with Gasteiger partial charge in [-0.15, -0.1) is 0 Å². The monoisotopic (exact) mass is 337 g/mol. The van der Waals surface area contributed by atoms with E-state index in [1.807, 2.05) is 0 Å². The zero-order chi connectivity index (χ0) is 16.6. The van der Waals surface area contributed by atoms with Gasteiger partial charge in [0.25, 0.3) is 5.91 Å². The third-order valence-corrected chi connectivity index (χ3v) is 5.13. The Kier molecular flexibility index (Phi) is 4.34. The lowest BCUT2D eigenvalue weighted by molar-refractivity contribution is -0.143. The van der Waals surface area contributed by atoms with Crippen LogP contribution in [-0.2, 0) is 9.53 Å². The van der Waals surface area contributed by atoms with Crippen LogP contribution in [-0.4, -0.2) is 40.3 Å². The molecule has 23 heavy (non-hydrogen) atoms. The third-order valence-electron chi connectivity index (χ3n) is 4.89. The van der Waals surface area contributed by atoms with Gasteiger partial charge in [-0.1, -0.05) is 24.6 Å². The fourth-order valence-electron chi connectivity index (χ4n) is 3.53. The number of halogens is 1. The van der Waals surface area contributed by atoms with Crippen molar-refractivity contribution < 1.29 is 19.4 Å². The van der Waals surface area contributed by atoms with Gasteiger partial charge in [0.15, 0.2) is 6.04 Å². The summed E-state index contributed by atoms with van der Waals surface area (Å²) in [6.45, 7) is 2.20. The normalized spacial score (nSPS) is 30.6. The average molecular weight is 338 g/mol. The van der Waals surface area contributed by atoms with E-state index < -0.39 is 17.7 Å². The molecule has 0 bridgehead atoms. The first-order chi connectivity index (χ1) is 10.9. The van der Waals surface area contributed by atoms with Gasteiger partial charge in [0.05, 0.1) is 6.61 Å². The molecular formula is C17H20ClNO4. The molecule has 0 radical (unpaired) electrons. The number of carboxylic acids is 1. The first-order valence-corrected chi connectivity index (χ1v) is 8.27. The fraction of sp³-hybridized carbons (Fsp3) is 0.529. The Morgan fingerprint density at radius 2 is 2.04 bits per heavy atom. The summed E-state index contributed by atoms with van der Waals surface area (Å²) in [7, 11) is 0. The van der Waals surface area contributed by atoms with Gasteiger partial charge in [-0.2, -0.15) is 0 Å². The average Bonchev–Trinajstić information content (AvgIpc) is 2.89. The Bertz CT molecular complexity index is 625. The summed E-state index contributed by atoms with van der Waals surface area (Å²) >= 11 is 5.97. The highest BCUT2D eigenvalue weighted by atomic mass is 35.5. The van der Waals surface area contributed by atoms with Gasteiger partial charge in [0.1, 0.15) is 5.72 Å². The van der Waals surface area contributed by atoms with Crippen LogP contribution in [0.3, 0.4) is 0 Å². The molecule has 1 saturated carbocycles. The van der Waals surface area contributed by atoms with E-state index in [0.29, 0.717) is 29.3 Å². The van der Waals surface area contributed by atoms with Crippen molar-refractivity contribution in [3.05, 3.63) is 34.9 Å². The number of aliphatic carboxylic acids is 1. The molecule has 6 heteroatoms. The maximum atomic E-state index is 13.0. The largest absolute Gasteiger partial charge is 0.480 e. The Labute approximate surface area is 140 Å². The first-order valence-electron chi connectivity index (χ1n) is 7.89. The minimum atomic E-state index is -1.03. The van der Waals surface area contributed by atoms with Crippen molar-refractivity contribution in [3.63, 3.8) is 0 Å². The minimum absolute atomic E-state index is 0.0377. The molecule has 1 amide bonds. The number of hydrogen-bond donors (Lipinski definition) is 1. The molecule has 1 atom stereocenters. The molecule has 1 aromatic carbocycles. The maximum Gasteiger partial charge on any atom is 0.328 e. The zero-order valence-corrected chi connectivity index (χ0v) is 13.8. The smallest absolute Gasteiger partial charge is 0.328 e. The van der Waals surface area contributed by atoms with Crippen molar-refractivity contribution in [2.75, 3.05) is 6.61 Å². The number of nitrogens with zero attached hydrogens (tertiary/aromatic N) is 1. The van der Waals surface area contributed by atoms with E-state index in [1.54, 1.807) is 24.3 Å². The summed E-state index contributed by atoms with van der Waals surface area (Å²) < 4.78 is 5.88. The van der Waals surface area contributed by atoms with Crippen molar-refractivity contribution in [1.29, 1.82) is 0 Å². The highest BCUT2D eigenvalue weighted by Gasteiger charge is 2.53. The van der Waals surface area contributed by atoms with Crippen LogP contribution in [0.2, 0.25) is 5.02 Å². The number of rotatable bonds is 2. The topological polar surface area (TPSA) is 66.8 Å². The van der Waals surface area contributed by atoms with Crippen LogP contribution in [0.25, 0.3) is 0 Å². The molecule has 3 rings (SSSR count). The van der Waals surface area contributed by atoms with Crippen LogP contribution < -0.4 is 0 Å². The van der Waals surface area contributed by atoms with Crippen LogP contribution in [0.5, 0.6) is 0 Å². The highest BCUT2D eigenvalue weighted by Crippen LogP contribution is 2.43. The number of carboxylic acid groups (broad SMARTS) is 1. The van der Waals surface area contributed by atoms with Crippen LogP contribution >= 0.6 is 11.6 Å². The van der Waals surface area contributed by atoms with Crippen LogP contribution in [0.4, 0.5) is 0 Å². The van der Waals surface area contributed by atoms with Crippen LogP contribution in [0, 0.1) is 5.92 Å². The van der Waals surface area contributed by atoms with Gasteiger partial charge in [-0.3, -0.25) is 9.69 Å². The highest BCUT2D eigenvalue weighted by molar-refractivity contribution is 6.31. The number of ether oxygens (including phenoxy) is 1. The second-order valence-electron chi connectivity index (χ2n) is 6.48. The summed E-state index contributed by atoms with van der Waals surface area (Å²) in [5.41, 5.74) is -0.401.